The van der Waals surface area contributed by atoms with Gasteiger partial charge >= 0.3 is 0 Å². The van der Waals surface area contributed by atoms with Gasteiger partial charge in [-0.25, -0.2) is 5.48 Å². The quantitative estimate of drug-likeness (QED) is 0.664. The zero-order chi connectivity index (χ0) is 14.9. The third-order valence-electron chi connectivity index (χ3n) is 3.82. The fourth-order valence-electron chi connectivity index (χ4n) is 2.70. The average molecular weight is 289 g/mol. The van der Waals surface area contributed by atoms with Crippen LogP contribution in [0.4, 0.5) is 4.39 Å². The van der Waals surface area contributed by atoms with E-state index in [-0.39, 0.29) is 5.91 Å². The van der Waals surface area contributed by atoms with Crippen molar-refractivity contribution in [2.75, 3.05) is 0 Å². The van der Waals surface area contributed by atoms with Gasteiger partial charge < -0.3 is 0 Å². The van der Waals surface area contributed by atoms with E-state index in [1.54, 1.807) is 24.3 Å². The van der Waals surface area contributed by atoms with Gasteiger partial charge in [-0.1, -0.05) is 50.3 Å². The minimum absolute atomic E-state index is 0.343. The maximum atomic E-state index is 12.3. The normalized spacial score (nSPS) is 16.6. The molecule has 0 aromatic heterocycles. The van der Waals surface area contributed by atoms with Gasteiger partial charge in [0.2, 0.25) is 0 Å². The van der Waals surface area contributed by atoms with Gasteiger partial charge in [0, 0.05) is 5.56 Å². The van der Waals surface area contributed by atoms with Gasteiger partial charge in [-0.3, -0.25) is 9.63 Å². The number of carbonyl (C=O) groups is 1. The molecule has 0 heterocycles. The fraction of sp³-hybridized carbons (Fsp3) is 0.471. The van der Waals surface area contributed by atoms with Gasteiger partial charge in [0.05, 0.1) is 0 Å². The highest BCUT2D eigenvalue weighted by molar-refractivity contribution is 5.93. The lowest BCUT2D eigenvalue weighted by atomic mass is 9.85. The Morgan fingerprint density at radius 1 is 1.29 bits per heavy atom. The van der Waals surface area contributed by atoms with Crippen molar-refractivity contribution >= 4 is 5.91 Å². The molecule has 1 fully saturated rings. The summed E-state index contributed by atoms with van der Waals surface area (Å²) < 4.78 is 12.3. The summed E-state index contributed by atoms with van der Waals surface area (Å²) in [5, 5.41) is 0. The van der Waals surface area contributed by atoms with Crippen molar-refractivity contribution in [1.29, 1.82) is 0 Å². The molecule has 0 radical (unpaired) electrons. The molecule has 1 N–H and O–H groups in total. The van der Waals surface area contributed by atoms with Crippen molar-refractivity contribution in [2.45, 2.75) is 44.6 Å². The van der Waals surface area contributed by atoms with Crippen LogP contribution in [0.15, 0.2) is 30.3 Å². The van der Waals surface area contributed by atoms with Gasteiger partial charge in [-0.2, -0.15) is 0 Å². The fourth-order valence-corrected chi connectivity index (χ4v) is 2.70. The predicted molar refractivity (Wildman–Crippen MR) is 78.9 cm³/mol. The molecule has 21 heavy (non-hydrogen) atoms. The largest absolute Gasteiger partial charge is 0.274 e. The van der Waals surface area contributed by atoms with Crippen molar-refractivity contribution in [1.82, 2.24) is 5.48 Å². The molecule has 0 aliphatic heterocycles. The van der Waals surface area contributed by atoms with E-state index in [4.69, 9.17) is 4.84 Å². The van der Waals surface area contributed by atoms with Gasteiger partial charge in [-0.05, 0) is 30.4 Å². The maximum absolute atomic E-state index is 12.3. The van der Waals surface area contributed by atoms with Crippen molar-refractivity contribution in [2.24, 2.45) is 5.92 Å². The number of hydrogen-bond acceptors (Lipinski definition) is 2. The number of hydrogen-bond donors (Lipinski definition) is 1. The molecule has 1 saturated carbocycles. The average Bonchev–Trinajstić information content (AvgIpc) is 2.54. The third kappa shape index (κ3) is 5.20. The van der Waals surface area contributed by atoms with Crippen LogP contribution in [-0.2, 0) is 4.84 Å². The lowest BCUT2D eigenvalue weighted by Crippen LogP contribution is -2.30. The van der Waals surface area contributed by atoms with E-state index < -0.39 is 6.10 Å². The van der Waals surface area contributed by atoms with Crippen LogP contribution in [0.25, 0.3) is 0 Å². The predicted octanol–water partition coefficient (Wildman–Crippen LogP) is 3.62. The summed E-state index contributed by atoms with van der Waals surface area (Å²) in [6, 6.07) is 8.76. The number of nitrogens with one attached hydrogen (secondary N) is 1. The van der Waals surface area contributed by atoms with Crippen LogP contribution in [0.2, 0.25) is 0 Å². The molecule has 0 bridgehead atoms. The molecule has 2 rings (SSSR count). The summed E-state index contributed by atoms with van der Waals surface area (Å²) in [6.07, 6.45) is 7.39. The summed E-state index contributed by atoms with van der Waals surface area (Å²) in [5.74, 6) is 2.54. The van der Waals surface area contributed by atoms with E-state index in [9.17, 15) is 9.18 Å². The first-order chi connectivity index (χ1) is 10.3. The Kier molecular flexibility index (Phi) is 6.23. The number of carbonyl (C=O) groups excluding carboxylic acids is 1. The first-order valence-corrected chi connectivity index (χ1v) is 7.42. The van der Waals surface area contributed by atoms with Crippen LogP contribution in [0.1, 0.15) is 48.9 Å². The van der Waals surface area contributed by atoms with E-state index in [2.05, 4.69) is 11.4 Å². The van der Waals surface area contributed by atoms with Gasteiger partial charge in [0.1, 0.15) is 12.3 Å². The van der Waals surface area contributed by atoms with Gasteiger partial charge in [-0.15, -0.1) is 4.39 Å². The van der Waals surface area contributed by atoms with E-state index in [1.807, 2.05) is 6.07 Å². The lowest BCUT2D eigenvalue weighted by molar-refractivity contribution is -0.00275. The molecule has 1 aromatic carbocycles. The highest BCUT2D eigenvalue weighted by Gasteiger charge is 2.19. The van der Waals surface area contributed by atoms with Crippen LogP contribution in [-0.4, -0.2) is 12.0 Å². The molecule has 0 saturated heterocycles. The molecule has 1 amide bonds. The van der Waals surface area contributed by atoms with Crippen LogP contribution >= 0.6 is 0 Å². The molecular weight excluding hydrogens is 269 g/mol. The Hall–Kier alpha value is -1.86. The third-order valence-corrected chi connectivity index (χ3v) is 3.82. The number of halogens is 1. The molecule has 3 nitrogen and oxygen atoms in total. The Labute approximate surface area is 124 Å². The second-order valence-corrected chi connectivity index (χ2v) is 5.38. The number of hydroxylamine groups is 1. The topological polar surface area (TPSA) is 38.3 Å². The Morgan fingerprint density at radius 2 is 2.00 bits per heavy atom. The molecule has 1 atom stereocenters. The van der Waals surface area contributed by atoms with Crippen LogP contribution in [0, 0.1) is 18.0 Å². The first kappa shape index (κ1) is 15.5. The minimum Gasteiger partial charge on any atom is -0.267 e. The Balaban J connectivity index is 1.84. The minimum atomic E-state index is -0.592. The molecule has 1 aliphatic rings. The Morgan fingerprint density at radius 3 is 2.67 bits per heavy atom. The highest BCUT2D eigenvalue weighted by atomic mass is 19.1. The molecule has 4 heteroatoms. The van der Waals surface area contributed by atoms with Crippen LogP contribution in [0.5, 0.6) is 0 Å². The molecule has 1 aromatic rings. The second kappa shape index (κ2) is 8.43. The summed E-state index contributed by atoms with van der Waals surface area (Å²) in [7, 11) is 0. The van der Waals surface area contributed by atoms with E-state index in [0.717, 1.165) is 12.8 Å². The van der Waals surface area contributed by atoms with Crippen LogP contribution < -0.4 is 5.48 Å². The van der Waals surface area contributed by atoms with E-state index in [0.29, 0.717) is 17.9 Å². The lowest BCUT2D eigenvalue weighted by Gasteiger charge is -2.23. The van der Waals surface area contributed by atoms with E-state index >= 15 is 0 Å². The number of benzene rings is 1. The summed E-state index contributed by atoms with van der Waals surface area (Å²) in [6.45, 7) is 0. The first-order valence-electron chi connectivity index (χ1n) is 7.42. The highest BCUT2D eigenvalue weighted by Crippen LogP contribution is 2.27. The molecule has 112 valence electrons. The van der Waals surface area contributed by atoms with Crippen LogP contribution in [0.3, 0.4) is 0 Å². The number of amides is 1. The zero-order valence-corrected chi connectivity index (χ0v) is 12.0. The van der Waals surface area contributed by atoms with E-state index in [1.165, 1.54) is 25.4 Å². The van der Waals surface area contributed by atoms with Crippen molar-refractivity contribution in [3.8, 4) is 12.1 Å². The standard InChI is InChI=1S/C17H20FNO2/c18-12-11-16(13-14-7-3-1-4-8-14)21-19-17(20)15-9-5-2-6-10-15/h2,5-6,9-10,14,16H,1,3-4,7-8,13H2,(H,19,20). The molecular formula is C17H20FNO2. The van der Waals surface area contributed by atoms with Gasteiger partial charge in [0.25, 0.3) is 5.91 Å². The maximum Gasteiger partial charge on any atom is 0.274 e. The molecule has 1 unspecified atom stereocenters. The van der Waals surface area contributed by atoms with Crippen molar-refractivity contribution in [3.63, 3.8) is 0 Å². The SMILES string of the molecule is O=C(NOC(C#CF)CC1CCCCC1)c1ccccc1. The summed E-state index contributed by atoms with van der Waals surface area (Å²) >= 11 is 0. The second-order valence-electron chi connectivity index (χ2n) is 5.38. The number of rotatable bonds is 5. The van der Waals surface area contributed by atoms with Crippen molar-refractivity contribution in [3.05, 3.63) is 35.9 Å². The van der Waals surface area contributed by atoms with Gasteiger partial charge in [0.15, 0.2) is 0 Å². The monoisotopic (exact) mass is 289 g/mol. The Bertz CT molecular complexity index is 501. The van der Waals surface area contributed by atoms with Crippen molar-refractivity contribution < 1.29 is 14.0 Å². The molecule has 1 aliphatic carbocycles. The summed E-state index contributed by atoms with van der Waals surface area (Å²) in [4.78, 5) is 17.2. The zero-order valence-electron chi connectivity index (χ0n) is 12.0. The molecule has 0 spiro atoms. The summed E-state index contributed by atoms with van der Waals surface area (Å²) in [5.41, 5.74) is 2.87. The smallest absolute Gasteiger partial charge is 0.267 e.